The molecule has 3 heterocycles. The molecule has 0 amide bonds. The molecule has 0 saturated carbocycles. The van der Waals surface area contributed by atoms with Gasteiger partial charge in [-0.05, 0) is 27.5 Å². The normalized spacial score (nSPS) is 14.5. The number of aromatic amines is 1. The summed E-state index contributed by atoms with van der Waals surface area (Å²) in [6.45, 7) is 4.22. The predicted octanol–water partition coefficient (Wildman–Crippen LogP) is 3.15. The zero-order chi connectivity index (χ0) is 22.4. The van der Waals surface area contributed by atoms with Crippen LogP contribution in [0.15, 0.2) is 53.3 Å². The smallest absolute Gasteiger partial charge is 0.288 e. The standard InChI is InChI=1S/C21H18N8O3/c1-11(2)12-6-8-13(9-7-12)19-16-17(14-4-3-5-15(10-14)29(31)32)23-24-20(30)18(16)22-21-25-26-27-28(19)21/h3-11,19H,1-2H3,(H,24,30)(H,22,25,27). The van der Waals surface area contributed by atoms with E-state index in [4.69, 9.17) is 0 Å². The Bertz CT molecular complexity index is 1390. The van der Waals surface area contributed by atoms with Crippen molar-refractivity contribution in [3.8, 4) is 11.3 Å². The molecule has 11 nitrogen and oxygen atoms in total. The fourth-order valence-corrected chi connectivity index (χ4v) is 3.90. The van der Waals surface area contributed by atoms with Crippen LogP contribution in [0.25, 0.3) is 11.3 Å². The first-order chi connectivity index (χ1) is 15.4. The number of nitrogens with one attached hydrogen (secondary N) is 2. The van der Waals surface area contributed by atoms with E-state index >= 15 is 0 Å². The van der Waals surface area contributed by atoms with Crippen LogP contribution < -0.4 is 10.9 Å². The maximum absolute atomic E-state index is 12.7. The van der Waals surface area contributed by atoms with Gasteiger partial charge in [-0.2, -0.15) is 9.78 Å². The van der Waals surface area contributed by atoms with Crippen LogP contribution in [0.5, 0.6) is 0 Å². The molecule has 32 heavy (non-hydrogen) atoms. The van der Waals surface area contributed by atoms with E-state index < -0.39 is 16.5 Å². The Morgan fingerprint density at radius 1 is 1.16 bits per heavy atom. The molecule has 0 fully saturated rings. The van der Waals surface area contributed by atoms with Crippen molar-refractivity contribution in [3.05, 3.63) is 85.7 Å². The lowest BCUT2D eigenvalue weighted by Gasteiger charge is -2.28. The number of H-pyrrole nitrogens is 1. The highest BCUT2D eigenvalue weighted by atomic mass is 16.6. The number of nitro groups is 1. The van der Waals surface area contributed by atoms with Crippen molar-refractivity contribution in [1.82, 2.24) is 30.4 Å². The highest BCUT2D eigenvalue weighted by Crippen LogP contribution is 2.41. The molecule has 5 rings (SSSR count). The van der Waals surface area contributed by atoms with Gasteiger partial charge in [0.05, 0.1) is 10.6 Å². The minimum Gasteiger partial charge on any atom is -0.318 e. The van der Waals surface area contributed by atoms with E-state index in [0.29, 0.717) is 28.7 Å². The summed E-state index contributed by atoms with van der Waals surface area (Å²) < 4.78 is 1.58. The third kappa shape index (κ3) is 3.11. The van der Waals surface area contributed by atoms with Crippen LogP contribution in [0.4, 0.5) is 17.3 Å². The number of tetrazole rings is 1. The maximum Gasteiger partial charge on any atom is 0.288 e. The fraction of sp³-hybridized carbons (Fsp3) is 0.190. The van der Waals surface area contributed by atoms with Crippen molar-refractivity contribution in [2.75, 3.05) is 5.32 Å². The predicted molar refractivity (Wildman–Crippen MR) is 116 cm³/mol. The van der Waals surface area contributed by atoms with Crippen molar-refractivity contribution < 1.29 is 4.92 Å². The molecule has 1 aliphatic heterocycles. The Morgan fingerprint density at radius 3 is 2.66 bits per heavy atom. The molecule has 0 saturated heterocycles. The van der Waals surface area contributed by atoms with E-state index in [1.165, 1.54) is 17.7 Å². The van der Waals surface area contributed by atoms with Gasteiger partial charge in [0.1, 0.15) is 11.7 Å². The van der Waals surface area contributed by atoms with Crippen molar-refractivity contribution >= 4 is 17.3 Å². The molecule has 1 unspecified atom stereocenters. The number of hydrogen-bond acceptors (Lipinski definition) is 8. The van der Waals surface area contributed by atoms with Crippen LogP contribution in [0.3, 0.4) is 0 Å². The van der Waals surface area contributed by atoms with Gasteiger partial charge in [-0.1, -0.05) is 55.3 Å². The summed E-state index contributed by atoms with van der Waals surface area (Å²) in [6, 6.07) is 13.6. The average molecular weight is 430 g/mol. The molecule has 0 aliphatic carbocycles. The Labute approximate surface area is 181 Å². The summed E-state index contributed by atoms with van der Waals surface area (Å²) in [5.74, 6) is 0.676. The molecular weight excluding hydrogens is 412 g/mol. The van der Waals surface area contributed by atoms with Crippen LogP contribution in [-0.4, -0.2) is 35.3 Å². The molecule has 2 aromatic carbocycles. The molecule has 2 aromatic heterocycles. The number of hydrogen-bond donors (Lipinski definition) is 2. The fourth-order valence-electron chi connectivity index (χ4n) is 3.90. The van der Waals surface area contributed by atoms with E-state index in [9.17, 15) is 14.9 Å². The SMILES string of the molecule is CC(C)c1ccc(C2c3c(-c4cccc([N+](=O)[O-])c4)n[nH]c(=O)c3Nc3nnnn32)cc1. The zero-order valence-electron chi connectivity index (χ0n) is 17.2. The third-order valence-corrected chi connectivity index (χ3v) is 5.52. The Hall–Kier alpha value is -4.41. The Morgan fingerprint density at radius 2 is 1.94 bits per heavy atom. The molecule has 160 valence electrons. The third-order valence-electron chi connectivity index (χ3n) is 5.52. The first-order valence-electron chi connectivity index (χ1n) is 9.96. The summed E-state index contributed by atoms with van der Waals surface area (Å²) >= 11 is 0. The minimum atomic E-state index is -0.554. The number of benzene rings is 2. The van der Waals surface area contributed by atoms with Crippen LogP contribution in [0.2, 0.25) is 0 Å². The first-order valence-corrected chi connectivity index (χ1v) is 9.96. The largest absolute Gasteiger partial charge is 0.318 e. The second-order valence-electron chi connectivity index (χ2n) is 7.79. The van der Waals surface area contributed by atoms with Crippen LogP contribution >= 0.6 is 0 Å². The summed E-state index contributed by atoms with van der Waals surface area (Å²) in [4.78, 5) is 23.6. The van der Waals surface area contributed by atoms with Gasteiger partial charge in [0.15, 0.2) is 0 Å². The van der Waals surface area contributed by atoms with Crippen molar-refractivity contribution in [2.45, 2.75) is 25.8 Å². The minimum absolute atomic E-state index is 0.0750. The molecule has 0 radical (unpaired) electrons. The quantitative estimate of drug-likeness (QED) is 0.327. The van der Waals surface area contributed by atoms with Gasteiger partial charge in [0.2, 0.25) is 5.95 Å². The second kappa shape index (κ2) is 7.38. The van der Waals surface area contributed by atoms with E-state index in [1.54, 1.807) is 16.8 Å². The Balaban J connectivity index is 1.76. The van der Waals surface area contributed by atoms with Gasteiger partial charge in [-0.25, -0.2) is 5.10 Å². The van der Waals surface area contributed by atoms with Gasteiger partial charge < -0.3 is 5.32 Å². The van der Waals surface area contributed by atoms with Gasteiger partial charge >= 0.3 is 0 Å². The number of non-ortho nitro benzene ring substituents is 1. The number of rotatable bonds is 4. The monoisotopic (exact) mass is 430 g/mol. The van der Waals surface area contributed by atoms with E-state index in [-0.39, 0.29) is 11.4 Å². The van der Waals surface area contributed by atoms with Crippen LogP contribution in [0, 0.1) is 10.1 Å². The maximum atomic E-state index is 12.7. The van der Waals surface area contributed by atoms with Crippen molar-refractivity contribution in [2.24, 2.45) is 0 Å². The molecule has 11 heteroatoms. The number of aromatic nitrogens is 6. The molecule has 1 aliphatic rings. The Kier molecular flexibility index (Phi) is 4.51. The number of fused-ring (bicyclic) bond motifs is 2. The summed E-state index contributed by atoms with van der Waals surface area (Å²) in [5, 5.41) is 32.9. The lowest BCUT2D eigenvalue weighted by Crippen LogP contribution is -2.29. The molecule has 0 bridgehead atoms. The van der Waals surface area contributed by atoms with Gasteiger partial charge in [0.25, 0.3) is 11.2 Å². The molecule has 4 aromatic rings. The molecule has 0 spiro atoms. The van der Waals surface area contributed by atoms with Gasteiger partial charge in [0, 0.05) is 23.3 Å². The molecular formula is C21H18N8O3. The lowest BCUT2D eigenvalue weighted by atomic mass is 9.91. The summed E-state index contributed by atoms with van der Waals surface area (Å²) in [5.41, 5.74) is 3.19. The highest BCUT2D eigenvalue weighted by Gasteiger charge is 2.34. The van der Waals surface area contributed by atoms with Gasteiger partial charge in [-0.15, -0.1) is 0 Å². The molecule has 1 atom stereocenters. The summed E-state index contributed by atoms with van der Waals surface area (Å²) in [6.07, 6.45) is 0. The highest BCUT2D eigenvalue weighted by molar-refractivity contribution is 5.76. The van der Waals surface area contributed by atoms with E-state index in [1.807, 2.05) is 24.3 Å². The first kappa shape index (κ1) is 19.5. The average Bonchev–Trinajstić information content (AvgIpc) is 3.27. The van der Waals surface area contributed by atoms with E-state index in [0.717, 1.165) is 5.56 Å². The number of nitro benzene ring substituents is 1. The van der Waals surface area contributed by atoms with Crippen molar-refractivity contribution in [3.63, 3.8) is 0 Å². The van der Waals surface area contributed by atoms with E-state index in [2.05, 4.69) is 44.9 Å². The number of nitrogens with zero attached hydrogens (tertiary/aromatic N) is 6. The van der Waals surface area contributed by atoms with Crippen LogP contribution in [0.1, 0.15) is 42.5 Å². The van der Waals surface area contributed by atoms with Gasteiger partial charge in [-0.3, -0.25) is 14.9 Å². The molecule has 2 N–H and O–H groups in total. The lowest BCUT2D eigenvalue weighted by molar-refractivity contribution is -0.384. The zero-order valence-corrected chi connectivity index (χ0v) is 17.2. The van der Waals surface area contributed by atoms with Crippen molar-refractivity contribution in [1.29, 1.82) is 0 Å². The topological polar surface area (TPSA) is 145 Å². The van der Waals surface area contributed by atoms with Crippen LogP contribution in [-0.2, 0) is 0 Å². The second-order valence-corrected chi connectivity index (χ2v) is 7.79. The number of anilines is 2. The summed E-state index contributed by atoms with van der Waals surface area (Å²) in [7, 11) is 0.